The van der Waals surface area contributed by atoms with Crippen LogP contribution in [0.3, 0.4) is 0 Å². The predicted molar refractivity (Wildman–Crippen MR) is 88.1 cm³/mol. The average molecular weight is 319 g/mol. The fraction of sp³-hybridized carbons (Fsp3) is 0.0588. The zero-order chi connectivity index (χ0) is 16.5. The maximum atomic E-state index is 12.3. The zero-order valence-corrected chi connectivity index (χ0v) is 12.8. The first-order valence-electron chi connectivity index (χ1n) is 7.33. The third kappa shape index (κ3) is 2.52. The molecule has 0 atom stereocenters. The minimum absolute atomic E-state index is 0.232. The molecule has 7 nitrogen and oxygen atoms in total. The third-order valence-corrected chi connectivity index (χ3v) is 3.58. The Morgan fingerprint density at radius 2 is 2.17 bits per heavy atom. The van der Waals surface area contributed by atoms with Crippen LogP contribution >= 0.6 is 0 Å². The van der Waals surface area contributed by atoms with Crippen molar-refractivity contribution in [2.75, 3.05) is 5.32 Å². The van der Waals surface area contributed by atoms with E-state index in [0.717, 1.165) is 11.2 Å². The molecule has 0 saturated heterocycles. The summed E-state index contributed by atoms with van der Waals surface area (Å²) in [6, 6.07) is 11.0. The summed E-state index contributed by atoms with van der Waals surface area (Å²) in [7, 11) is 0. The summed E-state index contributed by atoms with van der Waals surface area (Å²) < 4.78 is 6.75. The number of nitrogens with one attached hydrogen (secondary N) is 1. The maximum absolute atomic E-state index is 12.3. The van der Waals surface area contributed by atoms with E-state index in [0.29, 0.717) is 17.0 Å². The zero-order valence-electron chi connectivity index (χ0n) is 12.8. The van der Waals surface area contributed by atoms with Gasteiger partial charge in [-0.1, -0.05) is 17.3 Å². The lowest BCUT2D eigenvalue weighted by Crippen LogP contribution is -2.12. The first-order chi connectivity index (χ1) is 11.7. The van der Waals surface area contributed by atoms with Gasteiger partial charge in [-0.2, -0.15) is 0 Å². The van der Waals surface area contributed by atoms with E-state index in [1.165, 1.54) is 0 Å². The summed E-state index contributed by atoms with van der Waals surface area (Å²) >= 11 is 0. The molecule has 1 N–H and O–H groups in total. The average Bonchev–Trinajstić information content (AvgIpc) is 3.26. The summed E-state index contributed by atoms with van der Waals surface area (Å²) in [5, 5.41) is 7.49. The number of fused-ring (bicyclic) bond motifs is 1. The second-order valence-corrected chi connectivity index (χ2v) is 5.29. The number of rotatable bonds is 3. The largest absolute Gasteiger partial charge is 0.361 e. The normalized spacial score (nSPS) is 10.9. The molecule has 0 radical (unpaired) electrons. The smallest absolute Gasteiger partial charge is 0.277 e. The van der Waals surface area contributed by atoms with Crippen molar-refractivity contribution in [1.82, 2.24) is 19.7 Å². The molecule has 1 amide bonds. The number of carbonyl (C=O) groups excluding carboxylic acids is 1. The molecule has 0 saturated carbocycles. The molecule has 4 aromatic rings. The van der Waals surface area contributed by atoms with E-state index in [4.69, 9.17) is 4.52 Å². The van der Waals surface area contributed by atoms with Gasteiger partial charge in [0, 0.05) is 23.8 Å². The van der Waals surface area contributed by atoms with Gasteiger partial charge in [-0.3, -0.25) is 9.36 Å². The maximum Gasteiger partial charge on any atom is 0.277 e. The highest BCUT2D eigenvalue weighted by atomic mass is 16.5. The Morgan fingerprint density at radius 1 is 1.25 bits per heavy atom. The molecule has 0 bridgehead atoms. The number of hydrogen-bond donors (Lipinski definition) is 1. The number of imidazole rings is 1. The molecule has 118 valence electrons. The van der Waals surface area contributed by atoms with Crippen LogP contribution in [0.1, 0.15) is 16.2 Å². The van der Waals surface area contributed by atoms with Crippen molar-refractivity contribution in [3.8, 4) is 5.82 Å². The molecule has 0 spiro atoms. The fourth-order valence-corrected chi connectivity index (χ4v) is 2.44. The van der Waals surface area contributed by atoms with Crippen LogP contribution in [0.15, 0.2) is 59.6 Å². The molecule has 3 heterocycles. The summed E-state index contributed by atoms with van der Waals surface area (Å²) in [6.45, 7) is 1.74. The standard InChI is InChI=1S/C17H13N5O2/c1-11-9-14(21-24-11)17(23)19-13-4-2-3-12-5-6-15(20-16(12)13)22-8-7-18-10-22/h2-10H,1H3,(H,19,23). The Balaban J connectivity index is 1.74. The van der Waals surface area contributed by atoms with Gasteiger partial charge in [-0.15, -0.1) is 0 Å². The topological polar surface area (TPSA) is 85.8 Å². The fourth-order valence-electron chi connectivity index (χ4n) is 2.44. The lowest BCUT2D eigenvalue weighted by atomic mass is 10.2. The minimum atomic E-state index is -0.339. The van der Waals surface area contributed by atoms with Crippen LogP contribution in [-0.2, 0) is 0 Å². The van der Waals surface area contributed by atoms with E-state index in [2.05, 4.69) is 20.4 Å². The Hall–Kier alpha value is -3.48. The SMILES string of the molecule is Cc1cc(C(=O)Nc2cccc3ccc(-n4ccnc4)nc23)no1. The van der Waals surface area contributed by atoms with E-state index >= 15 is 0 Å². The van der Waals surface area contributed by atoms with Crippen molar-refractivity contribution >= 4 is 22.5 Å². The minimum Gasteiger partial charge on any atom is -0.361 e. The highest BCUT2D eigenvalue weighted by molar-refractivity contribution is 6.07. The molecule has 0 fully saturated rings. The lowest BCUT2D eigenvalue weighted by Gasteiger charge is -2.09. The number of aryl methyl sites for hydroxylation is 1. The Bertz CT molecular complexity index is 1020. The highest BCUT2D eigenvalue weighted by Crippen LogP contribution is 2.23. The van der Waals surface area contributed by atoms with Gasteiger partial charge in [0.15, 0.2) is 5.69 Å². The van der Waals surface area contributed by atoms with Crippen LogP contribution in [0.5, 0.6) is 0 Å². The van der Waals surface area contributed by atoms with Gasteiger partial charge in [0.25, 0.3) is 5.91 Å². The monoisotopic (exact) mass is 319 g/mol. The van der Waals surface area contributed by atoms with Crippen molar-refractivity contribution in [3.63, 3.8) is 0 Å². The molecule has 4 rings (SSSR count). The number of pyridine rings is 1. The van der Waals surface area contributed by atoms with E-state index in [-0.39, 0.29) is 11.6 Å². The first kappa shape index (κ1) is 14.1. The number of anilines is 1. The van der Waals surface area contributed by atoms with Crippen molar-refractivity contribution < 1.29 is 9.32 Å². The van der Waals surface area contributed by atoms with E-state index < -0.39 is 0 Å². The Morgan fingerprint density at radius 3 is 2.92 bits per heavy atom. The molecular weight excluding hydrogens is 306 g/mol. The van der Waals surface area contributed by atoms with Crippen LogP contribution < -0.4 is 5.32 Å². The number of nitrogens with zero attached hydrogens (tertiary/aromatic N) is 4. The van der Waals surface area contributed by atoms with E-state index in [1.807, 2.05) is 30.5 Å². The van der Waals surface area contributed by atoms with Crippen LogP contribution in [0.25, 0.3) is 16.7 Å². The van der Waals surface area contributed by atoms with Crippen LogP contribution in [-0.4, -0.2) is 25.6 Å². The summed E-state index contributed by atoms with van der Waals surface area (Å²) in [6.07, 6.45) is 5.17. The number of carbonyl (C=O) groups is 1. The van der Waals surface area contributed by atoms with Gasteiger partial charge >= 0.3 is 0 Å². The van der Waals surface area contributed by atoms with Crippen LogP contribution in [0.4, 0.5) is 5.69 Å². The number of hydrogen-bond acceptors (Lipinski definition) is 5. The molecule has 7 heteroatoms. The number of benzene rings is 1. The van der Waals surface area contributed by atoms with E-state index in [9.17, 15) is 4.79 Å². The summed E-state index contributed by atoms with van der Waals surface area (Å²) in [5.74, 6) is 0.965. The molecule has 0 aliphatic rings. The second-order valence-electron chi connectivity index (χ2n) is 5.29. The van der Waals surface area contributed by atoms with Gasteiger partial charge in [-0.25, -0.2) is 9.97 Å². The quantitative estimate of drug-likeness (QED) is 0.627. The Labute approximate surface area is 136 Å². The van der Waals surface area contributed by atoms with Gasteiger partial charge in [0.2, 0.25) is 0 Å². The van der Waals surface area contributed by atoms with Gasteiger partial charge in [-0.05, 0) is 25.1 Å². The van der Waals surface area contributed by atoms with Gasteiger partial charge in [0.05, 0.1) is 11.2 Å². The molecule has 0 aliphatic carbocycles. The van der Waals surface area contributed by atoms with Crippen molar-refractivity contribution in [2.24, 2.45) is 0 Å². The van der Waals surface area contributed by atoms with Crippen LogP contribution in [0.2, 0.25) is 0 Å². The first-order valence-corrected chi connectivity index (χ1v) is 7.33. The van der Waals surface area contributed by atoms with Crippen LogP contribution in [0, 0.1) is 6.92 Å². The van der Waals surface area contributed by atoms with Gasteiger partial charge < -0.3 is 9.84 Å². The van der Waals surface area contributed by atoms with Crippen molar-refractivity contribution in [1.29, 1.82) is 0 Å². The van der Waals surface area contributed by atoms with Gasteiger partial charge in [0.1, 0.15) is 17.9 Å². The second kappa shape index (κ2) is 5.62. The Kier molecular flexibility index (Phi) is 3.31. The third-order valence-electron chi connectivity index (χ3n) is 3.58. The lowest BCUT2D eigenvalue weighted by molar-refractivity contribution is 0.101. The highest BCUT2D eigenvalue weighted by Gasteiger charge is 2.13. The molecule has 1 aromatic carbocycles. The molecular formula is C17H13N5O2. The molecule has 0 unspecified atom stereocenters. The van der Waals surface area contributed by atoms with E-state index in [1.54, 1.807) is 36.1 Å². The molecule has 3 aromatic heterocycles. The summed E-state index contributed by atoms with van der Waals surface area (Å²) in [4.78, 5) is 21.0. The number of para-hydroxylation sites is 1. The number of amides is 1. The predicted octanol–water partition coefficient (Wildman–Crippen LogP) is 2.97. The van der Waals surface area contributed by atoms with Crippen molar-refractivity contribution in [2.45, 2.75) is 6.92 Å². The summed E-state index contributed by atoms with van der Waals surface area (Å²) in [5.41, 5.74) is 1.53. The molecule has 0 aliphatic heterocycles. The molecule has 24 heavy (non-hydrogen) atoms. The number of aromatic nitrogens is 4. The van der Waals surface area contributed by atoms with Crippen molar-refractivity contribution in [3.05, 3.63) is 66.6 Å².